The SMILES string of the molecule is CCCC[C@H](CC)CNC(=O)/C(=C/c1cccs1)NC(=O)c1cccc(C)c1. The molecule has 0 aliphatic heterocycles. The normalized spacial score (nSPS) is 12.5. The van der Waals surface area contributed by atoms with Crippen LogP contribution in [0.5, 0.6) is 0 Å². The van der Waals surface area contributed by atoms with Crippen LogP contribution in [0.2, 0.25) is 0 Å². The average molecular weight is 399 g/mol. The van der Waals surface area contributed by atoms with E-state index in [9.17, 15) is 9.59 Å². The number of thiophene rings is 1. The van der Waals surface area contributed by atoms with Crippen LogP contribution in [-0.4, -0.2) is 18.4 Å². The van der Waals surface area contributed by atoms with Crippen LogP contribution in [0.15, 0.2) is 47.5 Å². The van der Waals surface area contributed by atoms with Gasteiger partial charge in [0.2, 0.25) is 0 Å². The van der Waals surface area contributed by atoms with E-state index in [1.54, 1.807) is 12.1 Å². The van der Waals surface area contributed by atoms with Crippen molar-refractivity contribution < 1.29 is 9.59 Å². The molecule has 28 heavy (non-hydrogen) atoms. The third kappa shape index (κ3) is 6.97. The molecule has 4 nitrogen and oxygen atoms in total. The number of nitrogens with one attached hydrogen (secondary N) is 2. The van der Waals surface area contributed by atoms with Gasteiger partial charge in [0.1, 0.15) is 5.70 Å². The molecular formula is C23H30N2O2S. The zero-order valence-electron chi connectivity index (χ0n) is 17.0. The molecule has 0 unspecified atom stereocenters. The minimum absolute atomic E-state index is 0.246. The summed E-state index contributed by atoms with van der Waals surface area (Å²) in [6.45, 7) is 6.88. The monoisotopic (exact) mass is 398 g/mol. The van der Waals surface area contributed by atoms with Gasteiger partial charge in [-0.05, 0) is 48.9 Å². The number of rotatable bonds is 10. The molecule has 0 saturated carbocycles. The summed E-state index contributed by atoms with van der Waals surface area (Å²) in [6.07, 6.45) is 6.18. The van der Waals surface area contributed by atoms with Gasteiger partial charge in [0.05, 0.1) is 0 Å². The number of carbonyl (C=O) groups excluding carboxylic acids is 2. The predicted molar refractivity (Wildman–Crippen MR) is 117 cm³/mol. The number of carbonyl (C=O) groups is 2. The van der Waals surface area contributed by atoms with E-state index in [-0.39, 0.29) is 17.5 Å². The fraction of sp³-hybridized carbons (Fsp3) is 0.391. The quantitative estimate of drug-likeness (QED) is 0.543. The second-order valence-electron chi connectivity index (χ2n) is 7.02. The van der Waals surface area contributed by atoms with Gasteiger partial charge in [0.15, 0.2) is 0 Å². The number of hydrogen-bond donors (Lipinski definition) is 2. The molecule has 0 aliphatic carbocycles. The molecule has 1 atom stereocenters. The summed E-state index contributed by atoms with van der Waals surface area (Å²) in [5.41, 5.74) is 1.82. The molecule has 1 heterocycles. The molecule has 0 saturated heterocycles. The zero-order valence-corrected chi connectivity index (χ0v) is 17.8. The Morgan fingerprint density at radius 2 is 2.00 bits per heavy atom. The predicted octanol–water partition coefficient (Wildman–Crippen LogP) is 5.16. The van der Waals surface area contributed by atoms with Crippen LogP contribution in [0, 0.1) is 12.8 Å². The maximum Gasteiger partial charge on any atom is 0.267 e. The minimum atomic E-state index is -0.278. The Bertz CT molecular complexity index is 797. The van der Waals surface area contributed by atoms with Gasteiger partial charge in [-0.25, -0.2) is 0 Å². The van der Waals surface area contributed by atoms with Gasteiger partial charge in [-0.15, -0.1) is 11.3 Å². The maximum absolute atomic E-state index is 12.8. The summed E-state index contributed by atoms with van der Waals surface area (Å²) in [7, 11) is 0. The largest absolute Gasteiger partial charge is 0.350 e. The Morgan fingerprint density at radius 3 is 2.64 bits per heavy atom. The molecule has 150 valence electrons. The van der Waals surface area contributed by atoms with Crippen LogP contribution in [-0.2, 0) is 4.79 Å². The lowest BCUT2D eigenvalue weighted by atomic mass is 9.99. The Hall–Kier alpha value is -2.40. The summed E-state index contributed by atoms with van der Waals surface area (Å²) in [4.78, 5) is 26.4. The van der Waals surface area contributed by atoms with E-state index < -0.39 is 0 Å². The van der Waals surface area contributed by atoms with Gasteiger partial charge in [-0.2, -0.15) is 0 Å². The van der Waals surface area contributed by atoms with E-state index in [1.165, 1.54) is 11.3 Å². The second kappa shape index (κ2) is 11.4. The highest BCUT2D eigenvalue weighted by molar-refractivity contribution is 7.10. The Kier molecular flexibility index (Phi) is 8.95. The van der Waals surface area contributed by atoms with Crippen molar-refractivity contribution in [2.75, 3.05) is 6.54 Å². The number of amides is 2. The van der Waals surface area contributed by atoms with E-state index in [0.29, 0.717) is 18.0 Å². The smallest absolute Gasteiger partial charge is 0.267 e. The maximum atomic E-state index is 12.8. The Morgan fingerprint density at radius 1 is 1.18 bits per heavy atom. The number of hydrogen-bond acceptors (Lipinski definition) is 3. The molecule has 0 fully saturated rings. The van der Waals surface area contributed by atoms with Crippen LogP contribution < -0.4 is 10.6 Å². The van der Waals surface area contributed by atoms with Crippen molar-refractivity contribution in [2.45, 2.75) is 46.5 Å². The highest BCUT2D eigenvalue weighted by atomic mass is 32.1. The molecule has 0 bridgehead atoms. The highest BCUT2D eigenvalue weighted by Crippen LogP contribution is 2.15. The lowest BCUT2D eigenvalue weighted by Gasteiger charge is -2.16. The van der Waals surface area contributed by atoms with Crippen LogP contribution in [0.3, 0.4) is 0 Å². The van der Waals surface area contributed by atoms with E-state index in [1.807, 2.05) is 42.6 Å². The summed E-state index contributed by atoms with van der Waals surface area (Å²) in [5, 5.41) is 7.75. The van der Waals surface area contributed by atoms with Crippen molar-refractivity contribution >= 4 is 29.2 Å². The van der Waals surface area contributed by atoms with E-state index in [2.05, 4.69) is 24.5 Å². The number of aryl methyl sites for hydroxylation is 1. The second-order valence-corrected chi connectivity index (χ2v) is 8.00. The summed E-state index contributed by atoms with van der Waals surface area (Å²) in [5.74, 6) is -0.0663. The fourth-order valence-corrected chi connectivity index (χ4v) is 3.59. The first-order chi connectivity index (χ1) is 13.5. The van der Waals surface area contributed by atoms with Crippen molar-refractivity contribution in [3.63, 3.8) is 0 Å². The third-order valence-corrected chi connectivity index (χ3v) is 5.52. The molecule has 2 N–H and O–H groups in total. The molecule has 1 aromatic heterocycles. The van der Waals surface area contributed by atoms with Crippen molar-refractivity contribution in [3.8, 4) is 0 Å². The average Bonchev–Trinajstić information content (AvgIpc) is 3.20. The third-order valence-electron chi connectivity index (χ3n) is 4.70. The molecule has 1 aromatic carbocycles. The lowest BCUT2D eigenvalue weighted by Crippen LogP contribution is -2.37. The molecule has 2 rings (SSSR count). The van der Waals surface area contributed by atoms with Crippen molar-refractivity contribution in [3.05, 3.63) is 63.5 Å². The van der Waals surface area contributed by atoms with Crippen molar-refractivity contribution in [2.24, 2.45) is 5.92 Å². The van der Waals surface area contributed by atoms with Crippen LogP contribution in [0.25, 0.3) is 6.08 Å². The molecule has 0 radical (unpaired) electrons. The topological polar surface area (TPSA) is 58.2 Å². The van der Waals surface area contributed by atoms with Crippen molar-refractivity contribution in [1.82, 2.24) is 10.6 Å². The van der Waals surface area contributed by atoms with E-state index in [0.717, 1.165) is 36.1 Å². The van der Waals surface area contributed by atoms with Gasteiger partial charge in [-0.3, -0.25) is 9.59 Å². The Balaban J connectivity index is 2.11. The zero-order chi connectivity index (χ0) is 20.4. The molecule has 5 heteroatoms. The Labute approximate surface area is 172 Å². The molecule has 0 spiro atoms. The van der Waals surface area contributed by atoms with Gasteiger partial charge in [-0.1, -0.05) is 56.9 Å². The van der Waals surface area contributed by atoms with Gasteiger partial charge in [0.25, 0.3) is 11.8 Å². The molecular weight excluding hydrogens is 368 g/mol. The van der Waals surface area contributed by atoms with Crippen LogP contribution >= 0.6 is 11.3 Å². The first-order valence-electron chi connectivity index (χ1n) is 9.94. The summed E-state index contributed by atoms with van der Waals surface area (Å²) >= 11 is 1.53. The van der Waals surface area contributed by atoms with Crippen molar-refractivity contribution in [1.29, 1.82) is 0 Å². The van der Waals surface area contributed by atoms with Crippen LogP contribution in [0.4, 0.5) is 0 Å². The fourth-order valence-electron chi connectivity index (χ4n) is 2.93. The lowest BCUT2D eigenvalue weighted by molar-refractivity contribution is -0.117. The molecule has 2 aromatic rings. The first-order valence-corrected chi connectivity index (χ1v) is 10.8. The van der Waals surface area contributed by atoms with Gasteiger partial charge >= 0.3 is 0 Å². The highest BCUT2D eigenvalue weighted by Gasteiger charge is 2.16. The first kappa shape index (κ1) is 21.9. The molecule has 2 amide bonds. The van der Waals surface area contributed by atoms with E-state index in [4.69, 9.17) is 0 Å². The van der Waals surface area contributed by atoms with Crippen LogP contribution in [0.1, 0.15) is 60.3 Å². The number of unbranched alkanes of at least 4 members (excludes halogenated alkanes) is 1. The standard InChI is InChI=1S/C23H30N2O2S/c1-4-6-10-18(5-2)16-24-23(27)21(15-20-12-8-13-28-20)25-22(26)19-11-7-9-17(3)14-19/h7-9,11-15,18H,4-6,10,16H2,1-3H3,(H,24,27)(H,25,26)/b21-15-/t18-/m0/s1. The summed E-state index contributed by atoms with van der Waals surface area (Å²) < 4.78 is 0. The molecule has 0 aliphatic rings. The summed E-state index contributed by atoms with van der Waals surface area (Å²) in [6, 6.07) is 11.2. The van der Waals surface area contributed by atoms with Gasteiger partial charge < -0.3 is 10.6 Å². The minimum Gasteiger partial charge on any atom is -0.350 e. The number of benzene rings is 1. The van der Waals surface area contributed by atoms with E-state index >= 15 is 0 Å². The van der Waals surface area contributed by atoms with Gasteiger partial charge in [0, 0.05) is 17.0 Å².